The highest BCUT2D eigenvalue weighted by Crippen LogP contribution is 2.28. The number of fused-ring (bicyclic) bond motifs is 1. The molecule has 1 fully saturated rings. The Morgan fingerprint density at radius 1 is 1.15 bits per heavy atom. The monoisotopic (exact) mass is 275 g/mol. The Morgan fingerprint density at radius 2 is 1.90 bits per heavy atom. The molecule has 0 bridgehead atoms. The summed E-state index contributed by atoms with van der Waals surface area (Å²) >= 11 is 0. The highest BCUT2D eigenvalue weighted by molar-refractivity contribution is 5.29. The van der Waals surface area contributed by atoms with Crippen molar-refractivity contribution >= 4 is 0 Å². The lowest BCUT2D eigenvalue weighted by Gasteiger charge is -2.41. The molecule has 0 aromatic heterocycles. The van der Waals surface area contributed by atoms with Crippen LogP contribution in [0, 0.1) is 5.92 Å². The average molecular weight is 275 g/mol. The number of hydrogen-bond donors (Lipinski definition) is 2. The molecule has 2 aliphatic rings. The summed E-state index contributed by atoms with van der Waals surface area (Å²) in [5, 5.41) is 19.7. The molecule has 1 saturated heterocycles. The van der Waals surface area contributed by atoms with E-state index < -0.39 is 12.2 Å². The fourth-order valence-corrected chi connectivity index (χ4v) is 3.73. The Bertz CT molecular complexity index is 462. The summed E-state index contributed by atoms with van der Waals surface area (Å²) < 4.78 is 0. The fourth-order valence-electron chi connectivity index (χ4n) is 3.73. The Balaban J connectivity index is 1.62. The predicted octanol–water partition coefficient (Wildman–Crippen LogP) is 1.61. The molecule has 1 aromatic rings. The first-order valence-corrected chi connectivity index (χ1v) is 7.82. The number of aliphatic hydroxyl groups excluding tert-OH is 2. The van der Waals surface area contributed by atoms with Gasteiger partial charge in [0.2, 0.25) is 0 Å². The molecule has 3 heteroatoms. The third-order valence-corrected chi connectivity index (χ3v) is 5.12. The van der Waals surface area contributed by atoms with Crippen LogP contribution in [0.2, 0.25) is 0 Å². The van der Waals surface area contributed by atoms with E-state index in [0.29, 0.717) is 12.3 Å². The van der Waals surface area contributed by atoms with E-state index in [1.807, 2.05) is 6.92 Å². The van der Waals surface area contributed by atoms with Crippen LogP contribution in [-0.4, -0.2) is 46.5 Å². The summed E-state index contributed by atoms with van der Waals surface area (Å²) in [4.78, 5) is 2.36. The maximum atomic E-state index is 10.0. The van der Waals surface area contributed by atoms with Gasteiger partial charge in [-0.05, 0) is 49.7 Å². The van der Waals surface area contributed by atoms with Gasteiger partial charge in [-0.3, -0.25) is 4.90 Å². The van der Waals surface area contributed by atoms with E-state index in [0.717, 1.165) is 19.5 Å². The summed E-state index contributed by atoms with van der Waals surface area (Å²) in [6.07, 6.45) is 3.10. The quantitative estimate of drug-likeness (QED) is 0.862. The lowest BCUT2D eigenvalue weighted by molar-refractivity contribution is -0.0741. The standard InChI is InChI=1S/C17H25NO2/c1-12-17(20)16(19)8-9-18(12)11-13-6-7-14-4-2-3-5-15(14)10-13/h2-5,12-13,16-17,19-20H,6-11H2,1H3/t12?,13?,16?,17-/m1/s1. The van der Waals surface area contributed by atoms with E-state index in [9.17, 15) is 10.2 Å². The first kappa shape index (κ1) is 14.1. The van der Waals surface area contributed by atoms with Gasteiger partial charge in [0.15, 0.2) is 0 Å². The molecule has 0 radical (unpaired) electrons. The topological polar surface area (TPSA) is 43.7 Å². The van der Waals surface area contributed by atoms with Crippen LogP contribution in [-0.2, 0) is 12.8 Å². The average Bonchev–Trinajstić information content (AvgIpc) is 2.48. The van der Waals surface area contributed by atoms with Crippen LogP contribution in [0.3, 0.4) is 0 Å². The van der Waals surface area contributed by atoms with Crippen molar-refractivity contribution in [3.8, 4) is 0 Å². The summed E-state index contributed by atoms with van der Waals surface area (Å²) in [5.41, 5.74) is 3.00. The van der Waals surface area contributed by atoms with Gasteiger partial charge in [0.25, 0.3) is 0 Å². The van der Waals surface area contributed by atoms with Gasteiger partial charge >= 0.3 is 0 Å². The largest absolute Gasteiger partial charge is 0.390 e. The number of aliphatic hydroxyl groups is 2. The van der Waals surface area contributed by atoms with Gasteiger partial charge in [-0.15, -0.1) is 0 Å². The maximum Gasteiger partial charge on any atom is 0.0951 e. The zero-order chi connectivity index (χ0) is 14.1. The van der Waals surface area contributed by atoms with Gasteiger partial charge in [-0.25, -0.2) is 0 Å². The lowest BCUT2D eigenvalue weighted by Crippen LogP contribution is -2.54. The smallest absolute Gasteiger partial charge is 0.0951 e. The van der Waals surface area contributed by atoms with Crippen molar-refractivity contribution in [1.29, 1.82) is 0 Å². The van der Waals surface area contributed by atoms with Crippen molar-refractivity contribution in [2.45, 2.75) is 50.9 Å². The summed E-state index contributed by atoms with van der Waals surface area (Å²) in [5.74, 6) is 0.676. The molecule has 1 aliphatic carbocycles. The van der Waals surface area contributed by atoms with Crippen molar-refractivity contribution < 1.29 is 10.2 Å². The van der Waals surface area contributed by atoms with Crippen molar-refractivity contribution in [2.75, 3.05) is 13.1 Å². The van der Waals surface area contributed by atoms with E-state index in [4.69, 9.17) is 0 Å². The molecule has 20 heavy (non-hydrogen) atoms. The molecular formula is C17H25NO2. The molecule has 4 atom stereocenters. The second-order valence-corrected chi connectivity index (χ2v) is 6.46. The lowest BCUT2D eigenvalue weighted by atomic mass is 9.83. The molecule has 110 valence electrons. The minimum absolute atomic E-state index is 0.0657. The van der Waals surface area contributed by atoms with Crippen molar-refractivity contribution in [3.05, 3.63) is 35.4 Å². The van der Waals surface area contributed by atoms with Gasteiger partial charge in [-0.2, -0.15) is 0 Å². The number of rotatable bonds is 2. The number of aryl methyl sites for hydroxylation is 1. The number of nitrogens with zero attached hydrogens (tertiary/aromatic N) is 1. The van der Waals surface area contributed by atoms with Crippen LogP contribution in [0.15, 0.2) is 24.3 Å². The molecule has 2 N–H and O–H groups in total. The summed E-state index contributed by atoms with van der Waals surface area (Å²) in [6, 6.07) is 8.82. The minimum Gasteiger partial charge on any atom is -0.390 e. The third kappa shape index (κ3) is 2.76. The molecule has 3 nitrogen and oxygen atoms in total. The van der Waals surface area contributed by atoms with E-state index in [1.165, 1.54) is 24.0 Å². The summed E-state index contributed by atoms with van der Waals surface area (Å²) in [7, 11) is 0. The second kappa shape index (κ2) is 5.84. The van der Waals surface area contributed by atoms with Crippen molar-refractivity contribution in [1.82, 2.24) is 4.90 Å². The predicted molar refractivity (Wildman–Crippen MR) is 79.6 cm³/mol. The fraction of sp³-hybridized carbons (Fsp3) is 0.647. The Hall–Kier alpha value is -0.900. The van der Waals surface area contributed by atoms with Crippen LogP contribution in [0.25, 0.3) is 0 Å². The third-order valence-electron chi connectivity index (χ3n) is 5.12. The molecule has 3 rings (SSSR count). The molecule has 0 amide bonds. The molecule has 0 spiro atoms. The summed E-state index contributed by atoms with van der Waals surface area (Å²) in [6.45, 7) is 3.97. The molecule has 1 heterocycles. The molecule has 1 aromatic carbocycles. The van der Waals surface area contributed by atoms with Crippen molar-refractivity contribution in [2.24, 2.45) is 5.92 Å². The van der Waals surface area contributed by atoms with E-state index >= 15 is 0 Å². The van der Waals surface area contributed by atoms with Crippen LogP contribution in [0.1, 0.15) is 30.9 Å². The Morgan fingerprint density at radius 3 is 2.70 bits per heavy atom. The second-order valence-electron chi connectivity index (χ2n) is 6.46. The normalized spacial score (nSPS) is 34.8. The molecule has 0 saturated carbocycles. The van der Waals surface area contributed by atoms with Crippen LogP contribution >= 0.6 is 0 Å². The number of benzene rings is 1. The molecule has 1 aliphatic heterocycles. The first-order valence-electron chi connectivity index (χ1n) is 7.82. The zero-order valence-corrected chi connectivity index (χ0v) is 12.2. The van der Waals surface area contributed by atoms with Crippen LogP contribution < -0.4 is 0 Å². The molecular weight excluding hydrogens is 250 g/mol. The van der Waals surface area contributed by atoms with E-state index in [2.05, 4.69) is 29.2 Å². The minimum atomic E-state index is -0.598. The maximum absolute atomic E-state index is 10.0. The van der Waals surface area contributed by atoms with E-state index in [-0.39, 0.29) is 6.04 Å². The Labute approximate surface area is 121 Å². The van der Waals surface area contributed by atoms with Crippen molar-refractivity contribution in [3.63, 3.8) is 0 Å². The van der Waals surface area contributed by atoms with Gasteiger partial charge in [-0.1, -0.05) is 24.3 Å². The van der Waals surface area contributed by atoms with E-state index in [1.54, 1.807) is 0 Å². The van der Waals surface area contributed by atoms with Gasteiger partial charge in [0.05, 0.1) is 12.2 Å². The number of likely N-dealkylation sites (tertiary alicyclic amines) is 1. The van der Waals surface area contributed by atoms with Gasteiger partial charge in [0.1, 0.15) is 0 Å². The van der Waals surface area contributed by atoms with Crippen LogP contribution in [0.5, 0.6) is 0 Å². The Kier molecular flexibility index (Phi) is 4.11. The SMILES string of the molecule is CC1[C@@H](O)C(O)CCN1CC1CCc2ccccc2C1. The zero-order valence-electron chi connectivity index (χ0n) is 12.2. The molecule has 3 unspecified atom stereocenters. The highest BCUT2D eigenvalue weighted by Gasteiger charge is 2.34. The highest BCUT2D eigenvalue weighted by atomic mass is 16.3. The number of hydrogen-bond acceptors (Lipinski definition) is 3. The van der Waals surface area contributed by atoms with Gasteiger partial charge in [0, 0.05) is 19.1 Å². The van der Waals surface area contributed by atoms with Crippen LogP contribution in [0.4, 0.5) is 0 Å². The van der Waals surface area contributed by atoms with Gasteiger partial charge < -0.3 is 10.2 Å². The first-order chi connectivity index (χ1) is 9.65. The number of piperidine rings is 1.